The number of thiophene rings is 1. The molecule has 0 N–H and O–H groups in total. The highest BCUT2D eigenvalue weighted by Gasteiger charge is 2.60. The Balaban J connectivity index is 1.83. The molecular weight excluding hydrogens is 214 g/mol. The van der Waals surface area contributed by atoms with Crippen LogP contribution in [0.15, 0.2) is 30.3 Å². The first-order valence-corrected chi connectivity index (χ1v) is 6.77. The molecule has 16 heavy (non-hydrogen) atoms. The van der Waals surface area contributed by atoms with Crippen LogP contribution in [0.2, 0.25) is 0 Å². The van der Waals surface area contributed by atoms with Crippen LogP contribution in [0.3, 0.4) is 0 Å². The van der Waals surface area contributed by atoms with Gasteiger partial charge < -0.3 is 4.90 Å². The number of hydrogen-bond donors (Lipinski definition) is 0. The molecule has 1 aromatic carbocycles. The lowest BCUT2D eigenvalue weighted by atomic mass is 10.0. The van der Waals surface area contributed by atoms with Crippen molar-refractivity contribution in [1.82, 2.24) is 4.90 Å². The minimum atomic E-state index is 0.540. The molecular formula is C14H15NS. The van der Waals surface area contributed by atoms with Crippen LogP contribution in [-0.2, 0) is 5.41 Å². The Labute approximate surface area is 99.7 Å². The third-order valence-electron chi connectivity index (χ3n) is 4.23. The summed E-state index contributed by atoms with van der Waals surface area (Å²) >= 11 is 2.01. The second kappa shape index (κ2) is 2.88. The molecule has 2 aliphatic rings. The van der Waals surface area contributed by atoms with Gasteiger partial charge in [0, 0.05) is 28.1 Å². The molecule has 2 fully saturated rings. The average molecular weight is 229 g/mol. The van der Waals surface area contributed by atoms with Crippen LogP contribution < -0.4 is 0 Å². The second-order valence-corrected chi connectivity index (χ2v) is 6.49. The molecule has 2 heterocycles. The van der Waals surface area contributed by atoms with Crippen LogP contribution in [0.25, 0.3) is 10.1 Å². The van der Waals surface area contributed by atoms with E-state index in [0.29, 0.717) is 5.41 Å². The summed E-state index contributed by atoms with van der Waals surface area (Å²) in [4.78, 5) is 4.11. The molecule has 1 aliphatic carbocycles. The topological polar surface area (TPSA) is 3.24 Å². The normalized spacial score (nSPS) is 33.2. The molecule has 82 valence electrons. The van der Waals surface area contributed by atoms with Crippen LogP contribution in [0, 0.1) is 5.92 Å². The number of hydrogen-bond acceptors (Lipinski definition) is 2. The molecule has 1 nitrogen and oxygen atoms in total. The predicted molar refractivity (Wildman–Crippen MR) is 69.1 cm³/mol. The maximum absolute atomic E-state index is 2.48. The number of piperidine rings is 1. The Kier molecular flexibility index (Phi) is 1.65. The quantitative estimate of drug-likeness (QED) is 0.726. The maximum Gasteiger partial charge on any atom is 0.0345 e. The van der Waals surface area contributed by atoms with Gasteiger partial charge in [-0.05, 0) is 36.9 Å². The summed E-state index contributed by atoms with van der Waals surface area (Å²) in [5, 5.41) is 1.43. The number of fused-ring (bicyclic) bond motifs is 2. The first-order valence-electron chi connectivity index (χ1n) is 5.95. The Morgan fingerprint density at radius 2 is 2.25 bits per heavy atom. The van der Waals surface area contributed by atoms with E-state index in [1.807, 2.05) is 11.3 Å². The molecule has 2 aromatic rings. The molecule has 1 aliphatic heterocycles. The van der Waals surface area contributed by atoms with Crippen LogP contribution in [-0.4, -0.2) is 25.0 Å². The van der Waals surface area contributed by atoms with Crippen molar-refractivity contribution in [2.45, 2.75) is 11.8 Å². The van der Waals surface area contributed by atoms with Gasteiger partial charge in [-0.3, -0.25) is 0 Å². The van der Waals surface area contributed by atoms with Crippen molar-refractivity contribution in [2.75, 3.05) is 20.1 Å². The van der Waals surface area contributed by atoms with Crippen LogP contribution in [0.5, 0.6) is 0 Å². The predicted octanol–water partition coefficient (Wildman–Crippen LogP) is 3.10. The fourth-order valence-corrected chi connectivity index (χ4v) is 4.68. The molecule has 0 bridgehead atoms. The van der Waals surface area contributed by atoms with Gasteiger partial charge >= 0.3 is 0 Å². The average Bonchev–Trinajstić information content (AvgIpc) is 2.71. The first-order chi connectivity index (χ1) is 7.78. The van der Waals surface area contributed by atoms with Crippen molar-refractivity contribution < 1.29 is 0 Å². The van der Waals surface area contributed by atoms with E-state index in [9.17, 15) is 0 Å². The molecule has 1 saturated heterocycles. The molecule has 1 aromatic heterocycles. The fourth-order valence-electron chi connectivity index (χ4n) is 3.34. The van der Waals surface area contributed by atoms with E-state index in [-0.39, 0.29) is 0 Å². The van der Waals surface area contributed by atoms with Gasteiger partial charge in [0.25, 0.3) is 0 Å². The van der Waals surface area contributed by atoms with Gasteiger partial charge in [0.1, 0.15) is 0 Å². The van der Waals surface area contributed by atoms with E-state index >= 15 is 0 Å². The second-order valence-electron chi connectivity index (χ2n) is 5.40. The number of rotatable bonds is 1. The molecule has 0 radical (unpaired) electrons. The van der Waals surface area contributed by atoms with Crippen molar-refractivity contribution in [3.63, 3.8) is 0 Å². The number of nitrogens with zero attached hydrogens (tertiary/aromatic N) is 1. The van der Waals surface area contributed by atoms with Crippen LogP contribution >= 0.6 is 11.3 Å². The first kappa shape index (κ1) is 9.20. The lowest BCUT2D eigenvalue weighted by Gasteiger charge is -2.14. The SMILES string of the molecule is CN1C[C@H]2C[C@]2(c2cc3ccccc3s2)C1. The van der Waals surface area contributed by atoms with E-state index in [4.69, 9.17) is 0 Å². The summed E-state index contributed by atoms with van der Waals surface area (Å²) in [6.07, 6.45) is 1.42. The standard InChI is InChI=1S/C14H15NS/c1-15-8-11-7-14(11,9-15)13-6-10-4-2-3-5-12(10)16-13/h2-6,11H,7-9H2,1H3/t11-,14+/m1/s1. The minimum Gasteiger partial charge on any atom is -0.305 e. The van der Waals surface area contributed by atoms with Crippen molar-refractivity contribution in [2.24, 2.45) is 5.92 Å². The fraction of sp³-hybridized carbons (Fsp3) is 0.429. The zero-order valence-electron chi connectivity index (χ0n) is 9.44. The molecule has 4 rings (SSSR count). The summed E-state index contributed by atoms with van der Waals surface area (Å²) in [5.41, 5.74) is 0.540. The Morgan fingerprint density at radius 3 is 3.00 bits per heavy atom. The number of benzene rings is 1. The molecule has 0 amide bonds. The van der Waals surface area contributed by atoms with E-state index in [0.717, 1.165) is 5.92 Å². The molecule has 0 unspecified atom stereocenters. The van der Waals surface area contributed by atoms with Crippen molar-refractivity contribution in [3.05, 3.63) is 35.2 Å². The molecule has 1 saturated carbocycles. The summed E-state index contributed by atoms with van der Waals surface area (Å²) in [6.45, 7) is 2.57. The third kappa shape index (κ3) is 1.09. The lowest BCUT2D eigenvalue weighted by molar-refractivity contribution is 0.364. The summed E-state index contributed by atoms with van der Waals surface area (Å²) in [7, 11) is 2.25. The van der Waals surface area contributed by atoms with Crippen molar-refractivity contribution in [1.29, 1.82) is 0 Å². The highest BCUT2D eigenvalue weighted by molar-refractivity contribution is 7.19. The van der Waals surface area contributed by atoms with Gasteiger partial charge in [-0.25, -0.2) is 0 Å². The van der Waals surface area contributed by atoms with Gasteiger partial charge in [-0.15, -0.1) is 11.3 Å². The number of likely N-dealkylation sites (tertiary alicyclic amines) is 1. The van der Waals surface area contributed by atoms with Crippen LogP contribution in [0.4, 0.5) is 0 Å². The van der Waals surface area contributed by atoms with Crippen molar-refractivity contribution in [3.8, 4) is 0 Å². The highest BCUT2D eigenvalue weighted by atomic mass is 32.1. The van der Waals surface area contributed by atoms with E-state index in [2.05, 4.69) is 42.3 Å². The Morgan fingerprint density at radius 1 is 1.38 bits per heavy atom. The molecule has 0 spiro atoms. The maximum atomic E-state index is 2.48. The Hall–Kier alpha value is -0.860. The Bertz CT molecular complexity index is 526. The minimum absolute atomic E-state index is 0.540. The third-order valence-corrected chi connectivity index (χ3v) is 5.57. The summed E-state index contributed by atoms with van der Waals surface area (Å²) < 4.78 is 1.45. The van der Waals surface area contributed by atoms with E-state index in [1.54, 1.807) is 4.88 Å². The van der Waals surface area contributed by atoms with Gasteiger partial charge in [0.2, 0.25) is 0 Å². The van der Waals surface area contributed by atoms with Gasteiger partial charge in [0.15, 0.2) is 0 Å². The largest absolute Gasteiger partial charge is 0.305 e. The monoisotopic (exact) mass is 229 g/mol. The molecule has 2 atom stereocenters. The van der Waals surface area contributed by atoms with Gasteiger partial charge in [0.05, 0.1) is 0 Å². The van der Waals surface area contributed by atoms with E-state index in [1.165, 1.54) is 29.6 Å². The summed E-state index contributed by atoms with van der Waals surface area (Å²) in [6, 6.07) is 11.2. The summed E-state index contributed by atoms with van der Waals surface area (Å²) in [5.74, 6) is 0.936. The van der Waals surface area contributed by atoms with E-state index < -0.39 is 0 Å². The lowest BCUT2D eigenvalue weighted by Crippen LogP contribution is -2.21. The molecule has 2 heteroatoms. The zero-order valence-corrected chi connectivity index (χ0v) is 10.3. The smallest absolute Gasteiger partial charge is 0.0345 e. The van der Waals surface area contributed by atoms with Gasteiger partial charge in [-0.1, -0.05) is 18.2 Å². The highest BCUT2D eigenvalue weighted by Crippen LogP contribution is 2.60. The van der Waals surface area contributed by atoms with Gasteiger partial charge in [-0.2, -0.15) is 0 Å². The number of likely N-dealkylation sites (N-methyl/N-ethyl adjacent to an activating group) is 1. The van der Waals surface area contributed by atoms with Crippen LogP contribution in [0.1, 0.15) is 11.3 Å². The van der Waals surface area contributed by atoms with Crippen molar-refractivity contribution >= 4 is 21.4 Å². The zero-order chi connectivity index (χ0) is 10.8.